The van der Waals surface area contributed by atoms with E-state index in [0.29, 0.717) is 23.7 Å². The lowest BCUT2D eigenvalue weighted by Gasteiger charge is -2.21. The molecule has 0 atom stereocenters. The first kappa shape index (κ1) is 17.7. The Morgan fingerprint density at radius 3 is 2.58 bits per heavy atom. The summed E-state index contributed by atoms with van der Waals surface area (Å²) in [5, 5.41) is 2.78. The van der Waals surface area contributed by atoms with Crippen molar-refractivity contribution in [2.45, 2.75) is 19.9 Å². The van der Waals surface area contributed by atoms with Crippen molar-refractivity contribution < 1.29 is 23.5 Å². The fraction of sp³-hybridized carbons (Fsp3) is 0.263. The smallest absolute Gasteiger partial charge is 0.231 e. The van der Waals surface area contributed by atoms with E-state index >= 15 is 0 Å². The molecular weight excluding hydrogens is 339 g/mol. The Labute approximate surface area is 150 Å². The number of nitrogens with one attached hydrogen (secondary N) is 1. The van der Waals surface area contributed by atoms with Crippen molar-refractivity contribution in [2.24, 2.45) is 0 Å². The maximum atomic E-state index is 13.0. The number of amides is 2. The van der Waals surface area contributed by atoms with Gasteiger partial charge in [0.1, 0.15) is 5.82 Å². The molecule has 0 unspecified atom stereocenters. The SMILES string of the molecule is CC(=O)N(CCC(=O)Nc1ccc2c(c1)OCO2)Cc1ccc(F)cc1. The maximum Gasteiger partial charge on any atom is 0.231 e. The minimum Gasteiger partial charge on any atom is -0.454 e. The topological polar surface area (TPSA) is 67.9 Å². The Morgan fingerprint density at radius 2 is 1.85 bits per heavy atom. The van der Waals surface area contributed by atoms with Crippen LogP contribution >= 0.6 is 0 Å². The highest BCUT2D eigenvalue weighted by molar-refractivity contribution is 5.91. The molecule has 1 aliphatic rings. The molecule has 0 aliphatic carbocycles. The van der Waals surface area contributed by atoms with Crippen LogP contribution in [0.5, 0.6) is 11.5 Å². The van der Waals surface area contributed by atoms with Gasteiger partial charge in [-0.05, 0) is 29.8 Å². The zero-order chi connectivity index (χ0) is 18.5. The first-order valence-corrected chi connectivity index (χ1v) is 8.21. The van der Waals surface area contributed by atoms with Crippen LogP contribution in [0.25, 0.3) is 0 Å². The highest BCUT2D eigenvalue weighted by Gasteiger charge is 2.15. The molecule has 0 saturated heterocycles. The quantitative estimate of drug-likeness (QED) is 0.862. The average Bonchev–Trinajstić information content (AvgIpc) is 3.07. The van der Waals surface area contributed by atoms with Crippen LogP contribution in [0.3, 0.4) is 0 Å². The number of benzene rings is 2. The molecule has 6 nitrogen and oxygen atoms in total. The Bertz CT molecular complexity index is 808. The first-order chi connectivity index (χ1) is 12.5. The van der Waals surface area contributed by atoms with Gasteiger partial charge < -0.3 is 19.7 Å². The summed E-state index contributed by atoms with van der Waals surface area (Å²) in [6.07, 6.45) is 0.148. The summed E-state index contributed by atoms with van der Waals surface area (Å²) in [5.41, 5.74) is 1.41. The molecule has 0 aromatic heterocycles. The summed E-state index contributed by atoms with van der Waals surface area (Å²) in [4.78, 5) is 25.5. The minimum atomic E-state index is -0.328. The third-order valence-corrected chi connectivity index (χ3v) is 4.00. The number of rotatable bonds is 6. The molecule has 0 radical (unpaired) electrons. The summed E-state index contributed by atoms with van der Waals surface area (Å²) >= 11 is 0. The van der Waals surface area contributed by atoms with Gasteiger partial charge >= 0.3 is 0 Å². The number of fused-ring (bicyclic) bond motifs is 1. The van der Waals surface area contributed by atoms with Gasteiger partial charge in [-0.3, -0.25) is 9.59 Å². The highest BCUT2D eigenvalue weighted by Crippen LogP contribution is 2.34. The molecule has 2 aromatic carbocycles. The molecule has 0 saturated carbocycles. The molecule has 26 heavy (non-hydrogen) atoms. The zero-order valence-electron chi connectivity index (χ0n) is 14.3. The minimum absolute atomic E-state index is 0.148. The van der Waals surface area contributed by atoms with E-state index in [0.717, 1.165) is 5.56 Å². The van der Waals surface area contributed by atoms with Gasteiger partial charge in [-0.2, -0.15) is 0 Å². The summed E-state index contributed by atoms with van der Waals surface area (Å²) in [6.45, 7) is 2.21. The van der Waals surface area contributed by atoms with E-state index in [9.17, 15) is 14.0 Å². The lowest BCUT2D eigenvalue weighted by atomic mass is 10.2. The van der Waals surface area contributed by atoms with Gasteiger partial charge in [0.25, 0.3) is 0 Å². The summed E-state index contributed by atoms with van der Waals surface area (Å²) in [7, 11) is 0. The third-order valence-electron chi connectivity index (χ3n) is 4.00. The Hall–Kier alpha value is -3.09. The van der Waals surface area contributed by atoms with Crippen LogP contribution in [-0.4, -0.2) is 30.1 Å². The monoisotopic (exact) mass is 358 g/mol. The molecule has 1 N–H and O–H groups in total. The van der Waals surface area contributed by atoms with Crippen LogP contribution in [0.15, 0.2) is 42.5 Å². The lowest BCUT2D eigenvalue weighted by molar-refractivity contribution is -0.129. The van der Waals surface area contributed by atoms with Crippen molar-refractivity contribution in [3.63, 3.8) is 0 Å². The predicted molar refractivity (Wildman–Crippen MR) is 93.3 cm³/mol. The van der Waals surface area contributed by atoms with Gasteiger partial charge in [0.2, 0.25) is 18.6 Å². The summed E-state index contributed by atoms with van der Waals surface area (Å²) in [5.74, 6) is 0.542. The molecule has 1 heterocycles. The Morgan fingerprint density at radius 1 is 1.12 bits per heavy atom. The van der Waals surface area contributed by atoms with Crippen LogP contribution in [0.2, 0.25) is 0 Å². The van der Waals surface area contributed by atoms with Crippen molar-refractivity contribution in [3.8, 4) is 11.5 Å². The van der Waals surface area contributed by atoms with Crippen molar-refractivity contribution in [3.05, 3.63) is 53.8 Å². The zero-order valence-corrected chi connectivity index (χ0v) is 14.3. The molecule has 0 bridgehead atoms. The van der Waals surface area contributed by atoms with Crippen molar-refractivity contribution in [1.29, 1.82) is 0 Å². The number of carbonyl (C=O) groups is 2. The number of hydrogen-bond acceptors (Lipinski definition) is 4. The van der Waals surface area contributed by atoms with Crippen molar-refractivity contribution in [2.75, 3.05) is 18.7 Å². The lowest BCUT2D eigenvalue weighted by Crippen LogP contribution is -2.31. The standard InChI is InChI=1S/C19H19FN2O4/c1-13(23)22(11-14-2-4-15(20)5-3-14)9-8-19(24)21-16-6-7-17-18(10-16)26-12-25-17/h2-7,10H,8-9,11-12H2,1H3,(H,21,24). The summed E-state index contributed by atoms with van der Waals surface area (Å²) in [6, 6.07) is 11.1. The number of hydrogen-bond donors (Lipinski definition) is 1. The van der Waals surface area contributed by atoms with E-state index in [-0.39, 0.29) is 37.4 Å². The van der Waals surface area contributed by atoms with Gasteiger partial charge in [-0.15, -0.1) is 0 Å². The first-order valence-electron chi connectivity index (χ1n) is 8.21. The number of halogens is 1. The van der Waals surface area contributed by atoms with Crippen LogP contribution in [0, 0.1) is 5.82 Å². The number of carbonyl (C=O) groups excluding carboxylic acids is 2. The highest BCUT2D eigenvalue weighted by atomic mass is 19.1. The largest absolute Gasteiger partial charge is 0.454 e. The Kier molecular flexibility index (Phi) is 5.36. The van der Waals surface area contributed by atoms with Gasteiger partial charge in [0.15, 0.2) is 11.5 Å². The number of ether oxygens (including phenoxy) is 2. The van der Waals surface area contributed by atoms with Crippen LogP contribution in [-0.2, 0) is 16.1 Å². The second-order valence-electron chi connectivity index (χ2n) is 5.93. The van der Waals surface area contributed by atoms with E-state index in [1.165, 1.54) is 19.1 Å². The van der Waals surface area contributed by atoms with Crippen LogP contribution in [0.4, 0.5) is 10.1 Å². The molecule has 7 heteroatoms. The normalized spacial score (nSPS) is 11.9. The van der Waals surface area contributed by atoms with Gasteiger partial charge in [0, 0.05) is 38.2 Å². The van der Waals surface area contributed by atoms with E-state index in [1.807, 2.05) is 0 Å². The Balaban J connectivity index is 1.54. The van der Waals surface area contributed by atoms with E-state index < -0.39 is 0 Å². The van der Waals surface area contributed by atoms with Crippen molar-refractivity contribution in [1.82, 2.24) is 4.90 Å². The number of anilines is 1. The second kappa shape index (κ2) is 7.86. The van der Waals surface area contributed by atoms with Gasteiger partial charge in [0.05, 0.1) is 0 Å². The molecule has 2 amide bonds. The molecule has 1 aliphatic heterocycles. The fourth-order valence-electron chi connectivity index (χ4n) is 2.59. The van der Waals surface area contributed by atoms with Gasteiger partial charge in [-0.25, -0.2) is 4.39 Å². The van der Waals surface area contributed by atoms with Crippen molar-refractivity contribution >= 4 is 17.5 Å². The fourth-order valence-corrected chi connectivity index (χ4v) is 2.59. The molecular formula is C19H19FN2O4. The maximum absolute atomic E-state index is 13.0. The van der Waals surface area contributed by atoms with Crippen LogP contribution in [0.1, 0.15) is 18.9 Å². The van der Waals surface area contributed by atoms with Gasteiger partial charge in [-0.1, -0.05) is 12.1 Å². The van der Waals surface area contributed by atoms with E-state index in [4.69, 9.17) is 9.47 Å². The summed E-state index contributed by atoms with van der Waals surface area (Å²) < 4.78 is 23.5. The molecule has 3 rings (SSSR count). The predicted octanol–water partition coefficient (Wildman–Crippen LogP) is 2.93. The average molecular weight is 358 g/mol. The molecule has 2 aromatic rings. The second-order valence-corrected chi connectivity index (χ2v) is 5.93. The van der Waals surface area contributed by atoms with E-state index in [1.54, 1.807) is 35.2 Å². The molecule has 0 fully saturated rings. The molecule has 0 spiro atoms. The number of nitrogens with zero attached hydrogens (tertiary/aromatic N) is 1. The third kappa shape index (κ3) is 4.50. The molecule has 136 valence electrons. The van der Waals surface area contributed by atoms with E-state index in [2.05, 4.69) is 5.32 Å². The van der Waals surface area contributed by atoms with Crippen LogP contribution < -0.4 is 14.8 Å².